The van der Waals surface area contributed by atoms with E-state index in [1.807, 2.05) is 30.4 Å². The van der Waals surface area contributed by atoms with Crippen LogP contribution in [0.1, 0.15) is 6.42 Å². The molecule has 18 heavy (non-hydrogen) atoms. The van der Waals surface area contributed by atoms with E-state index in [0.29, 0.717) is 5.78 Å². The van der Waals surface area contributed by atoms with Crippen molar-refractivity contribution in [3.8, 4) is 0 Å². The molecule has 2 aliphatic carbocycles. The van der Waals surface area contributed by atoms with Gasteiger partial charge in [0.1, 0.15) is 0 Å². The molecule has 1 atom stereocenters. The number of ketones is 1. The molecule has 1 unspecified atom stereocenters. The highest BCUT2D eigenvalue weighted by atomic mass is 127. The molecule has 0 aromatic rings. The van der Waals surface area contributed by atoms with Gasteiger partial charge < -0.3 is 24.0 Å². The van der Waals surface area contributed by atoms with Gasteiger partial charge in [-0.15, -0.1) is 0 Å². The summed E-state index contributed by atoms with van der Waals surface area (Å²) in [7, 11) is 0. The maximum atomic E-state index is 11.5. The van der Waals surface area contributed by atoms with Crippen molar-refractivity contribution in [3.05, 3.63) is 59.3 Å². The number of fused-ring (bicyclic) bond motifs is 3. The van der Waals surface area contributed by atoms with E-state index < -0.39 is 5.38 Å². The van der Waals surface area contributed by atoms with Gasteiger partial charge in [0.05, 0.1) is 10.4 Å². The van der Waals surface area contributed by atoms with E-state index in [9.17, 15) is 4.79 Å². The van der Waals surface area contributed by atoms with Crippen molar-refractivity contribution in [2.45, 2.75) is 11.8 Å². The summed E-state index contributed by atoms with van der Waals surface area (Å²) in [6.07, 6.45) is 14.5. The van der Waals surface area contributed by atoms with Gasteiger partial charge in [-0.2, -0.15) is 0 Å². The molecule has 1 heterocycles. The Hall–Kier alpha value is -0.940. The van der Waals surface area contributed by atoms with E-state index in [1.54, 1.807) is 6.08 Å². The molecule has 0 spiro atoms. The minimum absolute atomic E-state index is 0. The molecular formula is C14H10ClIO2. The molecule has 0 saturated carbocycles. The number of carbonyl (C=O) groups excluding carboxylic acids is 2. The molecule has 0 N–H and O–H groups in total. The van der Waals surface area contributed by atoms with Crippen molar-refractivity contribution < 1.29 is 33.2 Å². The molecule has 3 aliphatic rings. The Bertz CT molecular complexity index is 577. The Morgan fingerprint density at radius 2 is 1.94 bits per heavy atom. The van der Waals surface area contributed by atoms with Crippen molar-refractivity contribution in [2.75, 3.05) is 0 Å². The average molecular weight is 373 g/mol. The molecule has 0 radical (unpaired) electrons. The van der Waals surface area contributed by atoms with Gasteiger partial charge in [-0.05, 0) is 17.6 Å². The molecule has 92 valence electrons. The molecule has 2 nitrogen and oxygen atoms in total. The van der Waals surface area contributed by atoms with Crippen LogP contribution in [0.4, 0.5) is 0 Å². The molecule has 0 amide bonds. The lowest BCUT2D eigenvalue weighted by Crippen LogP contribution is -3.00. The van der Waals surface area contributed by atoms with Crippen LogP contribution in [0.5, 0.6) is 0 Å². The van der Waals surface area contributed by atoms with Gasteiger partial charge in [0.2, 0.25) is 5.38 Å². The van der Waals surface area contributed by atoms with Crippen molar-refractivity contribution in [3.63, 3.8) is 0 Å². The van der Waals surface area contributed by atoms with Crippen LogP contribution in [-0.4, -0.2) is 17.1 Å². The number of carbonyl (C=O) groups is 1. The lowest BCUT2D eigenvalue weighted by molar-refractivity contribution is -0.369. The molecule has 1 aliphatic heterocycles. The number of hydrogen-bond acceptors (Lipinski definition) is 1. The standard InChI is InChI=1S/C14H10ClO2.HI/c15-13-12-10-6-2-1-4-9(8-10)5-3-7-11(12)17-14(13)16;/h1-7,13H,8H2;1H/q+1;/p-1/b7-3-,9-5-,12-10+;. The fraction of sp³-hybridized carbons (Fsp3) is 0.143. The van der Waals surface area contributed by atoms with Crippen molar-refractivity contribution >= 4 is 23.4 Å². The van der Waals surface area contributed by atoms with Crippen LogP contribution in [0.15, 0.2) is 59.3 Å². The van der Waals surface area contributed by atoms with Crippen LogP contribution in [0.3, 0.4) is 0 Å². The molecular weight excluding hydrogens is 363 g/mol. The van der Waals surface area contributed by atoms with Gasteiger partial charge in [0, 0.05) is 6.08 Å². The predicted molar refractivity (Wildman–Crippen MR) is 66.8 cm³/mol. The lowest BCUT2D eigenvalue weighted by atomic mass is 9.94. The number of allylic oxidation sites excluding steroid dienone is 9. The van der Waals surface area contributed by atoms with Crippen molar-refractivity contribution in [1.82, 2.24) is 0 Å². The fourth-order valence-electron chi connectivity index (χ4n) is 2.15. The van der Waals surface area contributed by atoms with Crippen LogP contribution in [0.2, 0.25) is 0 Å². The van der Waals surface area contributed by atoms with E-state index in [1.165, 1.54) is 5.57 Å². The van der Waals surface area contributed by atoms with Gasteiger partial charge in [0.15, 0.2) is 0 Å². The molecule has 2 bridgehead atoms. The second-order valence-corrected chi connectivity index (χ2v) is 4.52. The maximum absolute atomic E-state index is 11.5. The Morgan fingerprint density at radius 1 is 1.17 bits per heavy atom. The van der Waals surface area contributed by atoms with Crippen LogP contribution in [0, 0.1) is 0 Å². The minimum Gasteiger partial charge on any atom is -1.00 e. The monoisotopic (exact) mass is 372 g/mol. The van der Waals surface area contributed by atoms with Crippen LogP contribution >= 0.6 is 11.6 Å². The highest BCUT2D eigenvalue weighted by molar-refractivity contribution is 6.38. The molecule has 0 fully saturated rings. The summed E-state index contributed by atoms with van der Waals surface area (Å²) >= 11 is 6.10. The third kappa shape index (κ3) is 2.29. The quantitative estimate of drug-likeness (QED) is 0.322. The fourth-order valence-corrected chi connectivity index (χ4v) is 2.44. The number of hydrogen-bond donors (Lipinski definition) is 0. The minimum atomic E-state index is -0.688. The smallest absolute Gasteiger partial charge is 0.603 e. The summed E-state index contributed by atoms with van der Waals surface area (Å²) in [4.78, 5) is 11.5. The normalized spacial score (nSPS) is 33.4. The Kier molecular flexibility index (Phi) is 4.02. The molecule has 0 aromatic carbocycles. The van der Waals surface area contributed by atoms with E-state index >= 15 is 0 Å². The number of alkyl halides is 1. The van der Waals surface area contributed by atoms with Gasteiger partial charge in [0.25, 0.3) is 5.78 Å². The SMILES string of the molecule is O=C1[O+]=C2/C=C\C=C3\C=CC=C/C(=C/2C1Cl)C3.[I-]. The molecule has 3 rings (SSSR count). The summed E-state index contributed by atoms with van der Waals surface area (Å²) in [5.41, 5.74) is 3.04. The first-order valence-corrected chi connectivity index (χ1v) is 5.87. The second kappa shape index (κ2) is 5.36. The first kappa shape index (κ1) is 13.5. The molecule has 4 heteroatoms. The third-order valence-electron chi connectivity index (χ3n) is 2.95. The van der Waals surface area contributed by atoms with E-state index in [4.69, 9.17) is 16.0 Å². The first-order valence-electron chi connectivity index (χ1n) is 5.44. The highest BCUT2D eigenvalue weighted by Gasteiger charge is 2.44. The Balaban J connectivity index is 0.00000120. The van der Waals surface area contributed by atoms with Gasteiger partial charge in [-0.25, -0.2) is 0 Å². The van der Waals surface area contributed by atoms with Crippen molar-refractivity contribution in [1.29, 1.82) is 0 Å². The number of rotatable bonds is 0. The predicted octanol–water partition coefficient (Wildman–Crippen LogP) is -0.448. The lowest BCUT2D eigenvalue weighted by Gasteiger charge is -2.07. The van der Waals surface area contributed by atoms with Gasteiger partial charge in [-0.1, -0.05) is 48.1 Å². The summed E-state index contributed by atoms with van der Waals surface area (Å²) < 4.78 is 5.16. The summed E-state index contributed by atoms with van der Waals surface area (Å²) in [5.74, 6) is 0.190. The van der Waals surface area contributed by atoms with Crippen LogP contribution in [-0.2, 0) is 9.22 Å². The number of halogens is 2. The van der Waals surface area contributed by atoms with E-state index in [0.717, 1.165) is 17.6 Å². The van der Waals surface area contributed by atoms with E-state index in [2.05, 4.69) is 6.08 Å². The topological polar surface area (TPSA) is 28.4 Å². The second-order valence-electron chi connectivity index (χ2n) is 4.08. The molecule has 0 aromatic heterocycles. The van der Waals surface area contributed by atoms with Gasteiger partial charge >= 0.3 is 5.97 Å². The summed E-state index contributed by atoms with van der Waals surface area (Å²) in [6.45, 7) is 0. The first-order chi connectivity index (χ1) is 8.25. The van der Waals surface area contributed by atoms with Gasteiger partial charge in [-0.3, -0.25) is 4.42 Å². The summed E-state index contributed by atoms with van der Waals surface area (Å²) in [5, 5.41) is -0.688. The van der Waals surface area contributed by atoms with Crippen LogP contribution < -0.4 is 24.0 Å². The van der Waals surface area contributed by atoms with Crippen LogP contribution in [0.25, 0.3) is 0 Å². The largest absolute Gasteiger partial charge is 1.00 e. The zero-order chi connectivity index (χ0) is 11.8. The maximum Gasteiger partial charge on any atom is 0.603 e. The zero-order valence-corrected chi connectivity index (χ0v) is 12.3. The summed E-state index contributed by atoms with van der Waals surface area (Å²) in [6, 6.07) is 0. The van der Waals surface area contributed by atoms with Crippen molar-refractivity contribution in [2.24, 2.45) is 0 Å². The Labute approximate surface area is 127 Å². The van der Waals surface area contributed by atoms with E-state index in [-0.39, 0.29) is 29.9 Å². The Morgan fingerprint density at radius 3 is 2.78 bits per heavy atom. The molecule has 0 saturated heterocycles. The zero-order valence-electron chi connectivity index (χ0n) is 9.40. The average Bonchev–Trinajstić information content (AvgIpc) is 2.52. The highest BCUT2D eigenvalue weighted by Crippen LogP contribution is 2.30. The third-order valence-corrected chi connectivity index (χ3v) is 3.35.